The van der Waals surface area contributed by atoms with Crippen molar-refractivity contribution in [2.45, 2.75) is 18.2 Å². The van der Waals surface area contributed by atoms with Crippen molar-refractivity contribution in [3.8, 4) is 0 Å². The molecule has 5 nitrogen and oxygen atoms in total. The smallest absolute Gasteiger partial charge is 0.243 e. The van der Waals surface area contributed by atoms with Crippen molar-refractivity contribution < 1.29 is 17.2 Å². The second kappa shape index (κ2) is 6.04. The summed E-state index contributed by atoms with van der Waals surface area (Å²) in [5.74, 6) is -2.28. The van der Waals surface area contributed by atoms with Crippen LogP contribution in [-0.2, 0) is 16.4 Å². The van der Waals surface area contributed by atoms with E-state index >= 15 is 0 Å². The van der Waals surface area contributed by atoms with Crippen LogP contribution in [0.15, 0.2) is 22.4 Å². The minimum absolute atomic E-state index is 0.0615. The van der Waals surface area contributed by atoms with Gasteiger partial charge in [0.1, 0.15) is 16.4 Å². The van der Waals surface area contributed by atoms with Crippen LogP contribution in [0.5, 0.6) is 0 Å². The molecule has 1 heterocycles. The van der Waals surface area contributed by atoms with Crippen LogP contribution in [0.2, 0.25) is 0 Å². The summed E-state index contributed by atoms with van der Waals surface area (Å²) >= 11 is 1.41. The number of thiazole rings is 1. The van der Waals surface area contributed by atoms with Gasteiger partial charge in [0.25, 0.3) is 0 Å². The molecule has 0 unspecified atom stereocenters. The highest BCUT2D eigenvalue weighted by Crippen LogP contribution is 2.22. The number of aryl methyl sites for hydroxylation is 1. The van der Waals surface area contributed by atoms with Crippen LogP contribution in [0.1, 0.15) is 10.7 Å². The van der Waals surface area contributed by atoms with E-state index in [-0.39, 0.29) is 6.54 Å². The molecular weight excluding hydrogens is 320 g/mol. The van der Waals surface area contributed by atoms with E-state index in [1.54, 1.807) is 0 Å². The molecule has 0 aliphatic rings. The number of nitrogen functional groups attached to an aromatic ring is 1. The van der Waals surface area contributed by atoms with E-state index in [0.717, 1.165) is 22.8 Å². The summed E-state index contributed by atoms with van der Waals surface area (Å²) in [4.78, 5) is 3.52. The Hall–Kier alpha value is -1.58. The van der Waals surface area contributed by atoms with Crippen LogP contribution in [0.4, 0.5) is 14.5 Å². The van der Waals surface area contributed by atoms with E-state index in [1.807, 2.05) is 12.3 Å². The van der Waals surface area contributed by atoms with Crippen molar-refractivity contribution in [3.63, 3.8) is 0 Å². The summed E-state index contributed by atoms with van der Waals surface area (Å²) in [5.41, 5.74) is 5.20. The van der Waals surface area contributed by atoms with Crippen molar-refractivity contribution in [1.29, 1.82) is 0 Å². The van der Waals surface area contributed by atoms with E-state index in [0.29, 0.717) is 6.42 Å². The molecule has 0 atom stereocenters. The van der Waals surface area contributed by atoms with E-state index < -0.39 is 32.2 Å². The van der Waals surface area contributed by atoms with Gasteiger partial charge in [-0.15, -0.1) is 11.3 Å². The molecule has 114 valence electrons. The number of hydrogen-bond donors (Lipinski definition) is 2. The van der Waals surface area contributed by atoms with Crippen LogP contribution in [0.3, 0.4) is 0 Å². The minimum atomic E-state index is -4.09. The molecule has 0 fully saturated rings. The van der Waals surface area contributed by atoms with Crippen LogP contribution >= 0.6 is 11.3 Å². The van der Waals surface area contributed by atoms with Gasteiger partial charge >= 0.3 is 0 Å². The highest BCUT2D eigenvalue weighted by molar-refractivity contribution is 7.89. The first-order valence-corrected chi connectivity index (χ1v) is 8.31. The van der Waals surface area contributed by atoms with E-state index in [4.69, 9.17) is 5.73 Å². The summed E-state index contributed by atoms with van der Waals surface area (Å²) in [6.45, 7) is 1.90. The van der Waals surface area contributed by atoms with Crippen molar-refractivity contribution in [1.82, 2.24) is 9.71 Å². The number of nitrogens with zero attached hydrogens (tertiary/aromatic N) is 1. The molecule has 3 N–H and O–H groups in total. The van der Waals surface area contributed by atoms with Crippen molar-refractivity contribution in [2.75, 3.05) is 12.3 Å². The summed E-state index contributed by atoms with van der Waals surface area (Å²) in [6.07, 6.45) is 0.385. The average molecular weight is 333 g/mol. The summed E-state index contributed by atoms with van der Waals surface area (Å²) < 4.78 is 52.9. The highest BCUT2D eigenvalue weighted by atomic mass is 32.2. The summed E-state index contributed by atoms with van der Waals surface area (Å²) in [6, 6.07) is 1.66. The molecular formula is C12H13F2N3O2S2. The molecule has 0 saturated heterocycles. The maximum absolute atomic E-state index is 13.7. The maximum atomic E-state index is 13.7. The molecule has 2 rings (SSSR count). The molecule has 1 aromatic heterocycles. The Balaban J connectivity index is 2.10. The third-order valence-electron chi connectivity index (χ3n) is 2.68. The topological polar surface area (TPSA) is 85.1 Å². The first-order chi connectivity index (χ1) is 9.81. The fraction of sp³-hybridized carbons (Fsp3) is 0.250. The number of anilines is 1. The van der Waals surface area contributed by atoms with Gasteiger partial charge in [0, 0.05) is 24.0 Å². The Bertz CT molecular complexity index is 760. The van der Waals surface area contributed by atoms with E-state index in [2.05, 4.69) is 9.71 Å². The third-order valence-corrected chi connectivity index (χ3v) is 5.18. The summed E-state index contributed by atoms with van der Waals surface area (Å²) in [5, 5.41) is 2.62. The zero-order valence-electron chi connectivity index (χ0n) is 11.1. The Morgan fingerprint density at radius 2 is 2.10 bits per heavy atom. The normalized spacial score (nSPS) is 11.8. The third kappa shape index (κ3) is 3.55. The minimum Gasteiger partial charge on any atom is -0.394 e. The van der Waals surface area contributed by atoms with Crippen LogP contribution < -0.4 is 10.5 Å². The molecule has 1 aromatic carbocycles. The zero-order chi connectivity index (χ0) is 15.6. The molecule has 0 radical (unpaired) electrons. The lowest BCUT2D eigenvalue weighted by atomic mass is 10.3. The largest absolute Gasteiger partial charge is 0.394 e. The number of hydrogen-bond acceptors (Lipinski definition) is 5. The van der Waals surface area contributed by atoms with Gasteiger partial charge in [0.15, 0.2) is 5.82 Å². The number of nitrogens with one attached hydrogen (secondary N) is 1. The Morgan fingerprint density at radius 1 is 1.38 bits per heavy atom. The van der Waals surface area contributed by atoms with Crippen LogP contribution in [0.25, 0.3) is 0 Å². The number of sulfonamides is 1. The number of rotatable bonds is 5. The van der Waals surface area contributed by atoms with Crippen LogP contribution in [-0.4, -0.2) is 19.9 Å². The summed E-state index contributed by atoms with van der Waals surface area (Å²) in [7, 11) is -4.09. The van der Waals surface area contributed by atoms with Gasteiger partial charge in [-0.2, -0.15) is 0 Å². The fourth-order valence-corrected chi connectivity index (χ4v) is 3.54. The van der Waals surface area contributed by atoms with Gasteiger partial charge in [-0.25, -0.2) is 26.9 Å². The zero-order valence-corrected chi connectivity index (χ0v) is 12.7. The molecule has 21 heavy (non-hydrogen) atoms. The van der Waals surface area contributed by atoms with Gasteiger partial charge in [-0.05, 0) is 19.1 Å². The molecule has 0 aliphatic heterocycles. The Kier molecular flexibility index (Phi) is 4.55. The highest BCUT2D eigenvalue weighted by Gasteiger charge is 2.22. The maximum Gasteiger partial charge on any atom is 0.243 e. The van der Waals surface area contributed by atoms with Gasteiger partial charge < -0.3 is 5.73 Å². The monoisotopic (exact) mass is 333 g/mol. The molecule has 0 spiro atoms. The Labute approximate surface area is 124 Å². The van der Waals surface area contributed by atoms with Crippen LogP contribution in [0, 0.1) is 18.6 Å². The Morgan fingerprint density at radius 3 is 2.71 bits per heavy atom. The fourth-order valence-electron chi connectivity index (χ4n) is 1.64. The first kappa shape index (κ1) is 15.8. The molecule has 2 aromatic rings. The number of halogens is 2. The van der Waals surface area contributed by atoms with E-state index in [9.17, 15) is 17.2 Å². The number of benzene rings is 1. The predicted molar refractivity (Wildman–Crippen MR) is 76.5 cm³/mol. The van der Waals surface area contributed by atoms with Crippen molar-refractivity contribution in [3.05, 3.63) is 39.8 Å². The quantitative estimate of drug-likeness (QED) is 0.818. The molecule has 0 saturated carbocycles. The van der Waals surface area contributed by atoms with Gasteiger partial charge in [-0.1, -0.05) is 0 Å². The van der Waals surface area contributed by atoms with E-state index in [1.165, 1.54) is 11.3 Å². The molecule has 9 heteroatoms. The second-order valence-corrected chi connectivity index (χ2v) is 6.98. The number of nitrogens with two attached hydrogens (primary N) is 1. The van der Waals surface area contributed by atoms with Gasteiger partial charge in [-0.3, -0.25) is 0 Å². The lowest BCUT2D eigenvalue weighted by molar-refractivity contribution is 0.548. The standard InChI is InChI=1S/C12H13F2N3O2S2/c1-7-6-20-10(17-7)4-5-16-21(18,19)9-3-2-8(13)12(15)11(9)14/h2-3,6,16H,4-5,15H2,1H3. The average Bonchev–Trinajstić information content (AvgIpc) is 2.81. The SMILES string of the molecule is Cc1csc(CCNS(=O)(=O)c2ccc(F)c(N)c2F)n1. The lowest BCUT2D eigenvalue weighted by Gasteiger charge is -2.08. The molecule has 0 aliphatic carbocycles. The molecule has 0 amide bonds. The van der Waals surface area contributed by atoms with Gasteiger partial charge in [0.2, 0.25) is 10.0 Å². The number of aromatic nitrogens is 1. The molecule has 0 bridgehead atoms. The van der Waals surface area contributed by atoms with Crippen molar-refractivity contribution >= 4 is 27.0 Å². The van der Waals surface area contributed by atoms with Gasteiger partial charge in [0.05, 0.1) is 5.01 Å². The predicted octanol–water partition coefficient (Wildman–Crippen LogP) is 1.83. The lowest BCUT2D eigenvalue weighted by Crippen LogP contribution is -2.27. The second-order valence-electron chi connectivity index (χ2n) is 4.30. The first-order valence-electron chi connectivity index (χ1n) is 5.95. The van der Waals surface area contributed by atoms with Crippen molar-refractivity contribution in [2.24, 2.45) is 0 Å².